The molecule has 1 heterocycles. The average Bonchev–Trinajstić information content (AvgIpc) is 3.14. The molecule has 0 aliphatic rings. The van der Waals surface area contributed by atoms with Crippen LogP contribution >= 0.6 is 23.3 Å². The van der Waals surface area contributed by atoms with Crippen LogP contribution in [0.25, 0.3) is 21.2 Å². The number of nitrogens with zero attached hydrogens (tertiary/aromatic N) is 2. The number of benzene rings is 2. The van der Waals surface area contributed by atoms with Crippen LogP contribution in [0.1, 0.15) is 19.4 Å². The van der Waals surface area contributed by atoms with E-state index in [1.54, 1.807) is 11.8 Å². The molecule has 1 unspecified atom stereocenters. The van der Waals surface area contributed by atoms with Gasteiger partial charge in [0.05, 0.1) is 28.9 Å². The molecule has 26 heavy (non-hydrogen) atoms. The van der Waals surface area contributed by atoms with Crippen LogP contribution in [-0.4, -0.2) is 22.7 Å². The van der Waals surface area contributed by atoms with Crippen LogP contribution in [-0.2, 0) is 9.53 Å². The largest absolute Gasteiger partial charge is 0.466 e. The van der Waals surface area contributed by atoms with E-state index in [1.807, 2.05) is 44.3 Å². The molecule has 0 aliphatic heterocycles. The first-order chi connectivity index (χ1) is 12.6. The minimum atomic E-state index is -0.175. The van der Waals surface area contributed by atoms with E-state index in [0.717, 1.165) is 26.1 Å². The normalized spacial score (nSPS) is 11.9. The molecule has 0 radical (unpaired) electrons. The number of fused-ring (bicyclic) bond motifs is 1. The van der Waals surface area contributed by atoms with Crippen molar-refractivity contribution in [2.45, 2.75) is 18.7 Å². The van der Waals surface area contributed by atoms with Crippen LogP contribution < -0.4 is 0 Å². The van der Waals surface area contributed by atoms with Crippen LogP contribution in [0.5, 0.6) is 0 Å². The zero-order valence-corrected chi connectivity index (χ0v) is 16.2. The first kappa shape index (κ1) is 18.4. The van der Waals surface area contributed by atoms with Crippen molar-refractivity contribution in [1.29, 1.82) is 5.26 Å². The summed E-state index contributed by atoms with van der Waals surface area (Å²) in [5, 5.41) is 10.1. The molecular formula is C20H18N2O2S2. The number of carbonyl (C=O) groups excluding carboxylic acids is 1. The second kappa shape index (κ2) is 8.35. The monoisotopic (exact) mass is 382 g/mol. The molecular weight excluding hydrogens is 364 g/mol. The van der Waals surface area contributed by atoms with Gasteiger partial charge in [-0.25, -0.2) is 0 Å². The second-order valence-corrected chi connectivity index (χ2v) is 7.70. The molecule has 132 valence electrons. The van der Waals surface area contributed by atoms with Gasteiger partial charge in [-0.15, -0.1) is 11.8 Å². The minimum Gasteiger partial charge on any atom is -0.466 e. The maximum absolute atomic E-state index is 11.9. The highest BCUT2D eigenvalue weighted by molar-refractivity contribution is 7.99. The van der Waals surface area contributed by atoms with E-state index in [-0.39, 0.29) is 11.9 Å². The van der Waals surface area contributed by atoms with Gasteiger partial charge in [-0.2, -0.15) is 9.64 Å². The van der Waals surface area contributed by atoms with Gasteiger partial charge in [-0.1, -0.05) is 25.1 Å². The number of esters is 1. The highest BCUT2D eigenvalue weighted by Crippen LogP contribution is 2.40. The molecule has 0 saturated heterocycles. The molecule has 1 atom stereocenters. The quantitative estimate of drug-likeness (QED) is 0.437. The van der Waals surface area contributed by atoms with Gasteiger partial charge in [0, 0.05) is 27.8 Å². The Balaban J connectivity index is 1.95. The van der Waals surface area contributed by atoms with Crippen molar-refractivity contribution in [3.05, 3.63) is 48.2 Å². The van der Waals surface area contributed by atoms with Gasteiger partial charge < -0.3 is 4.74 Å². The van der Waals surface area contributed by atoms with Crippen LogP contribution in [0, 0.1) is 17.2 Å². The Hall–Kier alpha value is -2.36. The Morgan fingerprint density at radius 1 is 1.31 bits per heavy atom. The minimum absolute atomic E-state index is 0.168. The van der Waals surface area contributed by atoms with E-state index in [2.05, 4.69) is 22.6 Å². The lowest BCUT2D eigenvalue weighted by atomic mass is 10.0. The molecule has 0 amide bonds. The zero-order chi connectivity index (χ0) is 18.5. The Bertz CT molecular complexity index is 958. The third-order valence-corrected chi connectivity index (χ3v) is 6.12. The lowest BCUT2D eigenvalue weighted by molar-refractivity contribution is -0.146. The van der Waals surface area contributed by atoms with Gasteiger partial charge in [-0.05, 0) is 42.2 Å². The summed E-state index contributed by atoms with van der Waals surface area (Å²) >= 11 is 3.11. The summed E-state index contributed by atoms with van der Waals surface area (Å²) in [6.07, 6.45) is 1.86. The molecule has 1 aromatic heterocycles. The van der Waals surface area contributed by atoms with Crippen molar-refractivity contribution in [2.24, 2.45) is 5.92 Å². The summed E-state index contributed by atoms with van der Waals surface area (Å²) in [5.41, 5.74) is 2.79. The van der Waals surface area contributed by atoms with Gasteiger partial charge in [0.25, 0.3) is 0 Å². The summed E-state index contributed by atoms with van der Waals surface area (Å²) in [6, 6.07) is 13.9. The third-order valence-electron chi connectivity index (χ3n) is 3.97. The number of carbonyl (C=O) groups is 1. The molecule has 3 rings (SSSR count). The maximum atomic E-state index is 11.9. The summed E-state index contributed by atoms with van der Waals surface area (Å²) in [5.74, 6) is 0.302. The molecule has 2 aromatic carbocycles. The van der Waals surface area contributed by atoms with E-state index >= 15 is 0 Å². The number of hydrogen-bond acceptors (Lipinski definition) is 6. The molecule has 0 saturated carbocycles. The molecule has 4 nitrogen and oxygen atoms in total. The zero-order valence-electron chi connectivity index (χ0n) is 14.6. The lowest BCUT2D eigenvalue weighted by Gasteiger charge is -2.13. The number of ether oxygens (including phenoxy) is 1. The first-order valence-electron chi connectivity index (χ1n) is 8.31. The standard InChI is InChI=1S/C20H18N2O2S2/c1-3-24-20(23)13(2)12-25-17-9-8-16-11-22-26-19(16)18(17)15-6-4-14(10-21)5-7-15/h4-9,11,13H,3,12H2,1-2H3. The summed E-state index contributed by atoms with van der Waals surface area (Å²) in [4.78, 5) is 13.0. The Morgan fingerprint density at radius 2 is 2.08 bits per heavy atom. The molecule has 3 aromatic rings. The van der Waals surface area contributed by atoms with Crippen molar-refractivity contribution >= 4 is 39.3 Å². The highest BCUT2D eigenvalue weighted by Gasteiger charge is 2.17. The smallest absolute Gasteiger partial charge is 0.309 e. The number of nitriles is 1. The van der Waals surface area contributed by atoms with Gasteiger partial charge in [0.2, 0.25) is 0 Å². The van der Waals surface area contributed by atoms with Crippen molar-refractivity contribution in [3.8, 4) is 17.2 Å². The Morgan fingerprint density at radius 3 is 2.77 bits per heavy atom. The van der Waals surface area contributed by atoms with Gasteiger partial charge in [0.15, 0.2) is 0 Å². The fourth-order valence-electron chi connectivity index (χ4n) is 2.59. The van der Waals surface area contributed by atoms with E-state index < -0.39 is 0 Å². The maximum Gasteiger partial charge on any atom is 0.309 e. The molecule has 0 N–H and O–H groups in total. The fourth-order valence-corrected chi connectivity index (χ4v) is 4.56. The average molecular weight is 383 g/mol. The molecule has 0 fully saturated rings. The highest BCUT2D eigenvalue weighted by atomic mass is 32.2. The van der Waals surface area contributed by atoms with Crippen molar-refractivity contribution in [3.63, 3.8) is 0 Å². The van der Waals surface area contributed by atoms with Crippen LogP contribution in [0.4, 0.5) is 0 Å². The SMILES string of the molecule is CCOC(=O)C(C)CSc1ccc2cnsc2c1-c1ccc(C#N)cc1. The number of hydrogen-bond donors (Lipinski definition) is 0. The summed E-state index contributed by atoms with van der Waals surface area (Å²) in [7, 11) is 0. The Kier molecular flexibility index (Phi) is 5.92. The van der Waals surface area contributed by atoms with Crippen molar-refractivity contribution < 1.29 is 9.53 Å². The van der Waals surface area contributed by atoms with Crippen molar-refractivity contribution in [1.82, 2.24) is 4.37 Å². The van der Waals surface area contributed by atoms with E-state index in [1.165, 1.54) is 11.5 Å². The van der Waals surface area contributed by atoms with Crippen molar-refractivity contribution in [2.75, 3.05) is 12.4 Å². The topological polar surface area (TPSA) is 63.0 Å². The fraction of sp³-hybridized carbons (Fsp3) is 0.250. The predicted octanol–water partition coefficient (Wildman–Crippen LogP) is 5.13. The second-order valence-electron chi connectivity index (χ2n) is 5.84. The van der Waals surface area contributed by atoms with E-state index in [0.29, 0.717) is 17.9 Å². The molecule has 0 spiro atoms. The molecule has 0 bridgehead atoms. The van der Waals surface area contributed by atoms with E-state index in [4.69, 9.17) is 10.00 Å². The number of thioether (sulfide) groups is 1. The van der Waals surface area contributed by atoms with E-state index in [9.17, 15) is 4.79 Å². The van der Waals surface area contributed by atoms with Gasteiger partial charge >= 0.3 is 5.97 Å². The van der Waals surface area contributed by atoms with Crippen LogP contribution in [0.3, 0.4) is 0 Å². The number of aromatic nitrogens is 1. The predicted molar refractivity (Wildman–Crippen MR) is 106 cm³/mol. The van der Waals surface area contributed by atoms with Crippen LogP contribution in [0.2, 0.25) is 0 Å². The Labute approximate surface area is 161 Å². The van der Waals surface area contributed by atoms with Crippen LogP contribution in [0.15, 0.2) is 47.5 Å². The third kappa shape index (κ3) is 3.90. The van der Waals surface area contributed by atoms with Gasteiger partial charge in [-0.3, -0.25) is 4.79 Å². The summed E-state index contributed by atoms with van der Waals surface area (Å²) < 4.78 is 10.5. The lowest BCUT2D eigenvalue weighted by Crippen LogP contribution is -2.16. The molecule has 6 heteroatoms. The first-order valence-corrected chi connectivity index (χ1v) is 10.1. The summed E-state index contributed by atoms with van der Waals surface area (Å²) in [6.45, 7) is 4.10. The van der Waals surface area contributed by atoms with Gasteiger partial charge in [0.1, 0.15) is 0 Å². The number of rotatable bonds is 6. The molecule has 0 aliphatic carbocycles.